The standard InChI is InChI=1S/C15H17BrCl2N2/c1-10-14(15(18)20(2)19-10)8-12(9-17)6-11-4-3-5-13(16)7-11/h3-5,7,12H,6,8-9H2,1-2H3. The van der Waals surface area contributed by atoms with E-state index < -0.39 is 0 Å². The molecule has 2 rings (SSSR count). The highest BCUT2D eigenvalue weighted by Gasteiger charge is 2.17. The topological polar surface area (TPSA) is 17.8 Å². The van der Waals surface area contributed by atoms with E-state index in [9.17, 15) is 0 Å². The molecule has 108 valence electrons. The van der Waals surface area contributed by atoms with Crippen molar-refractivity contribution in [3.8, 4) is 0 Å². The molecule has 0 N–H and O–H groups in total. The van der Waals surface area contributed by atoms with Crippen LogP contribution < -0.4 is 0 Å². The van der Waals surface area contributed by atoms with E-state index in [1.54, 1.807) is 4.68 Å². The Balaban J connectivity index is 2.13. The van der Waals surface area contributed by atoms with Gasteiger partial charge in [-0.25, -0.2) is 0 Å². The van der Waals surface area contributed by atoms with Gasteiger partial charge in [0.2, 0.25) is 0 Å². The summed E-state index contributed by atoms with van der Waals surface area (Å²) in [4.78, 5) is 0. The van der Waals surface area contributed by atoms with Gasteiger partial charge < -0.3 is 0 Å². The van der Waals surface area contributed by atoms with Crippen molar-refractivity contribution in [2.24, 2.45) is 13.0 Å². The van der Waals surface area contributed by atoms with Crippen molar-refractivity contribution in [1.82, 2.24) is 9.78 Å². The molecule has 0 radical (unpaired) electrons. The van der Waals surface area contributed by atoms with Crippen LogP contribution in [0.5, 0.6) is 0 Å². The van der Waals surface area contributed by atoms with Crippen LogP contribution in [0.4, 0.5) is 0 Å². The number of alkyl halides is 1. The van der Waals surface area contributed by atoms with Crippen LogP contribution in [0.3, 0.4) is 0 Å². The first-order valence-electron chi connectivity index (χ1n) is 6.49. The second kappa shape index (κ2) is 6.97. The second-order valence-electron chi connectivity index (χ2n) is 5.04. The summed E-state index contributed by atoms with van der Waals surface area (Å²) in [5.41, 5.74) is 3.37. The molecule has 0 amide bonds. The lowest BCUT2D eigenvalue weighted by molar-refractivity contribution is 0.582. The van der Waals surface area contributed by atoms with E-state index >= 15 is 0 Å². The fraction of sp³-hybridized carbons (Fsp3) is 0.400. The molecule has 1 atom stereocenters. The fourth-order valence-corrected chi connectivity index (χ4v) is 3.29. The number of halogens is 3. The maximum absolute atomic E-state index is 6.29. The van der Waals surface area contributed by atoms with Crippen LogP contribution in [0.15, 0.2) is 28.7 Å². The zero-order valence-corrected chi connectivity index (χ0v) is 14.6. The molecule has 1 heterocycles. The van der Waals surface area contributed by atoms with Gasteiger partial charge in [0.25, 0.3) is 0 Å². The molecule has 0 aliphatic carbocycles. The highest BCUT2D eigenvalue weighted by Crippen LogP contribution is 2.25. The summed E-state index contributed by atoms with van der Waals surface area (Å²) >= 11 is 15.9. The number of nitrogens with zero attached hydrogens (tertiary/aromatic N) is 2. The summed E-state index contributed by atoms with van der Waals surface area (Å²) < 4.78 is 2.82. The van der Waals surface area contributed by atoms with Crippen molar-refractivity contribution in [2.45, 2.75) is 19.8 Å². The van der Waals surface area contributed by atoms with E-state index in [2.05, 4.69) is 33.2 Å². The van der Waals surface area contributed by atoms with Crippen LogP contribution in [-0.2, 0) is 19.9 Å². The number of benzene rings is 1. The second-order valence-corrected chi connectivity index (χ2v) is 6.62. The molecular formula is C15H17BrCl2N2. The predicted molar refractivity (Wildman–Crippen MR) is 88.7 cm³/mol. The number of aromatic nitrogens is 2. The average molecular weight is 376 g/mol. The van der Waals surface area contributed by atoms with Gasteiger partial charge in [-0.3, -0.25) is 4.68 Å². The number of hydrogen-bond acceptors (Lipinski definition) is 1. The van der Waals surface area contributed by atoms with E-state index in [1.165, 1.54) is 5.56 Å². The molecule has 1 aromatic heterocycles. The van der Waals surface area contributed by atoms with Crippen LogP contribution in [0.1, 0.15) is 16.8 Å². The highest BCUT2D eigenvalue weighted by molar-refractivity contribution is 9.10. The van der Waals surface area contributed by atoms with Crippen LogP contribution in [-0.4, -0.2) is 15.7 Å². The lowest BCUT2D eigenvalue weighted by Gasteiger charge is -2.14. The highest BCUT2D eigenvalue weighted by atomic mass is 79.9. The van der Waals surface area contributed by atoms with Gasteiger partial charge in [-0.1, -0.05) is 39.7 Å². The quantitative estimate of drug-likeness (QED) is 0.687. The molecule has 0 aliphatic rings. The monoisotopic (exact) mass is 374 g/mol. The minimum absolute atomic E-state index is 0.353. The normalized spacial score (nSPS) is 12.7. The Kier molecular flexibility index (Phi) is 5.53. The van der Waals surface area contributed by atoms with Gasteiger partial charge in [0.1, 0.15) is 5.15 Å². The third kappa shape index (κ3) is 3.78. The van der Waals surface area contributed by atoms with Gasteiger partial charge >= 0.3 is 0 Å². The van der Waals surface area contributed by atoms with Crippen LogP contribution in [0, 0.1) is 12.8 Å². The predicted octanol–water partition coefficient (Wildman–Crippen LogP) is 4.78. The summed E-state index contributed by atoms with van der Waals surface area (Å²) in [7, 11) is 1.86. The molecular weight excluding hydrogens is 359 g/mol. The van der Waals surface area contributed by atoms with Crippen molar-refractivity contribution in [1.29, 1.82) is 0 Å². The molecule has 2 nitrogen and oxygen atoms in total. The molecule has 0 saturated carbocycles. The lowest BCUT2D eigenvalue weighted by atomic mass is 9.94. The first kappa shape index (κ1) is 15.9. The lowest BCUT2D eigenvalue weighted by Crippen LogP contribution is -2.11. The van der Waals surface area contributed by atoms with Crippen molar-refractivity contribution >= 4 is 39.1 Å². The zero-order valence-electron chi connectivity index (χ0n) is 11.5. The summed E-state index contributed by atoms with van der Waals surface area (Å²) in [5.74, 6) is 0.961. The summed E-state index contributed by atoms with van der Waals surface area (Å²) in [5, 5.41) is 5.07. The Morgan fingerprint density at radius 1 is 1.35 bits per heavy atom. The molecule has 20 heavy (non-hydrogen) atoms. The van der Waals surface area contributed by atoms with Gasteiger partial charge in [-0.05, 0) is 43.4 Å². The van der Waals surface area contributed by atoms with Crippen LogP contribution in [0.2, 0.25) is 5.15 Å². The maximum atomic E-state index is 6.29. The van der Waals surface area contributed by atoms with E-state index in [4.69, 9.17) is 23.2 Å². The minimum atomic E-state index is 0.353. The average Bonchev–Trinajstić information content (AvgIpc) is 2.64. The SMILES string of the molecule is Cc1nn(C)c(Cl)c1CC(CCl)Cc1cccc(Br)c1. The maximum Gasteiger partial charge on any atom is 0.130 e. The molecule has 0 saturated heterocycles. The third-order valence-corrected chi connectivity index (χ3v) is 4.80. The minimum Gasteiger partial charge on any atom is -0.257 e. The number of aryl methyl sites for hydroxylation is 2. The molecule has 1 unspecified atom stereocenters. The molecule has 5 heteroatoms. The Hall–Kier alpha value is -0.510. The van der Waals surface area contributed by atoms with Gasteiger partial charge in [0.15, 0.2) is 0 Å². The molecule has 0 fully saturated rings. The van der Waals surface area contributed by atoms with Crippen molar-refractivity contribution < 1.29 is 0 Å². The number of rotatable bonds is 5. The van der Waals surface area contributed by atoms with Crippen LogP contribution >= 0.6 is 39.1 Å². The molecule has 1 aromatic carbocycles. The number of hydrogen-bond donors (Lipinski definition) is 0. The molecule has 2 aromatic rings. The van der Waals surface area contributed by atoms with Gasteiger partial charge in [-0.2, -0.15) is 5.10 Å². The van der Waals surface area contributed by atoms with E-state index in [0.717, 1.165) is 28.6 Å². The Bertz CT molecular complexity index is 596. The van der Waals surface area contributed by atoms with Gasteiger partial charge in [0, 0.05) is 23.0 Å². The Morgan fingerprint density at radius 3 is 2.65 bits per heavy atom. The van der Waals surface area contributed by atoms with Crippen molar-refractivity contribution in [3.63, 3.8) is 0 Å². The van der Waals surface area contributed by atoms with E-state index in [-0.39, 0.29) is 0 Å². The summed E-state index contributed by atoms with van der Waals surface area (Å²) in [6.07, 6.45) is 1.79. The largest absolute Gasteiger partial charge is 0.257 e. The fourth-order valence-electron chi connectivity index (χ4n) is 2.37. The summed E-state index contributed by atoms with van der Waals surface area (Å²) in [6.45, 7) is 1.99. The first-order valence-corrected chi connectivity index (χ1v) is 8.20. The van der Waals surface area contributed by atoms with E-state index in [1.807, 2.05) is 26.1 Å². The van der Waals surface area contributed by atoms with E-state index in [0.29, 0.717) is 17.0 Å². The molecule has 0 bridgehead atoms. The van der Waals surface area contributed by atoms with Gasteiger partial charge in [-0.15, -0.1) is 11.6 Å². The smallest absolute Gasteiger partial charge is 0.130 e. The summed E-state index contributed by atoms with van der Waals surface area (Å²) in [6, 6.07) is 8.34. The Morgan fingerprint density at radius 2 is 2.10 bits per heavy atom. The van der Waals surface area contributed by atoms with Crippen LogP contribution in [0.25, 0.3) is 0 Å². The molecule has 0 spiro atoms. The molecule has 0 aliphatic heterocycles. The van der Waals surface area contributed by atoms with Gasteiger partial charge in [0.05, 0.1) is 5.69 Å². The first-order chi connectivity index (χ1) is 9.51. The zero-order chi connectivity index (χ0) is 14.7. The Labute approximate surface area is 138 Å². The van der Waals surface area contributed by atoms with Crippen molar-refractivity contribution in [2.75, 3.05) is 5.88 Å². The third-order valence-electron chi connectivity index (χ3n) is 3.39. The van der Waals surface area contributed by atoms with Crippen molar-refractivity contribution in [3.05, 3.63) is 50.7 Å².